The Balaban J connectivity index is 1.70. The van der Waals surface area contributed by atoms with Gasteiger partial charge in [-0.3, -0.25) is 14.9 Å². The number of nitrogens with two attached hydrogens (primary N) is 1. The van der Waals surface area contributed by atoms with Crippen LogP contribution in [0, 0.1) is 5.41 Å². The third-order valence-electron chi connectivity index (χ3n) is 4.93. The summed E-state index contributed by atoms with van der Waals surface area (Å²) in [6.45, 7) is -0.667. The van der Waals surface area contributed by atoms with E-state index in [1.54, 1.807) is 11.2 Å². The van der Waals surface area contributed by atoms with Crippen LogP contribution in [0.1, 0.15) is 13.3 Å². The van der Waals surface area contributed by atoms with E-state index in [0.717, 1.165) is 0 Å². The van der Waals surface area contributed by atoms with Crippen LogP contribution in [-0.4, -0.2) is 103 Å². The molecule has 176 valence electrons. The van der Waals surface area contributed by atoms with E-state index in [1.807, 2.05) is 6.92 Å². The van der Waals surface area contributed by atoms with E-state index < -0.39 is 43.5 Å². The smallest absolute Gasteiger partial charge is 0.322 e. The topological polar surface area (TPSA) is 176 Å². The van der Waals surface area contributed by atoms with Gasteiger partial charge in [0, 0.05) is 6.54 Å². The third-order valence-corrected chi connectivity index (χ3v) is 5.70. The van der Waals surface area contributed by atoms with E-state index in [-0.39, 0.29) is 12.6 Å². The van der Waals surface area contributed by atoms with Gasteiger partial charge in [-0.05, 0) is 18.2 Å². The maximum Gasteiger partial charge on any atom is 0.322 e. The number of nitrogens with one attached hydrogen (secondary N) is 2. The van der Waals surface area contributed by atoms with Gasteiger partial charge in [0.05, 0.1) is 38.6 Å². The van der Waals surface area contributed by atoms with Crippen molar-refractivity contribution in [1.82, 2.24) is 10.2 Å². The Labute approximate surface area is 185 Å². The number of rotatable bonds is 12. The summed E-state index contributed by atoms with van der Waals surface area (Å²) >= 11 is 4.68. The SMILES string of the molecule is CC[C@H]1O[C@@H](N2C=NC3C(=N)N=CNC32)C(OCOCCOCCN)[C@H]1OP(O)(O)=S. The summed E-state index contributed by atoms with van der Waals surface area (Å²) in [5.74, 6) is 0.125. The van der Waals surface area contributed by atoms with Crippen LogP contribution in [0.15, 0.2) is 9.98 Å². The lowest BCUT2D eigenvalue weighted by Gasteiger charge is -2.36. The lowest BCUT2D eigenvalue weighted by Crippen LogP contribution is -2.58. The van der Waals surface area contributed by atoms with Crippen LogP contribution in [0.2, 0.25) is 0 Å². The molecular weight excluding hydrogens is 451 g/mol. The van der Waals surface area contributed by atoms with Crippen molar-refractivity contribution in [2.45, 2.75) is 50.1 Å². The number of hydrogen-bond donors (Lipinski definition) is 5. The monoisotopic (exact) mass is 480 g/mol. The quantitative estimate of drug-likeness (QED) is 0.127. The molecule has 31 heavy (non-hydrogen) atoms. The van der Waals surface area contributed by atoms with Crippen molar-refractivity contribution >= 4 is 37.0 Å². The van der Waals surface area contributed by atoms with E-state index in [9.17, 15) is 9.79 Å². The lowest BCUT2D eigenvalue weighted by atomic mass is 10.1. The Bertz CT molecular complexity index is 725. The van der Waals surface area contributed by atoms with Crippen molar-refractivity contribution in [3.05, 3.63) is 0 Å². The molecule has 0 amide bonds. The average molecular weight is 480 g/mol. The predicted molar refractivity (Wildman–Crippen MR) is 115 cm³/mol. The molecule has 13 nitrogen and oxygen atoms in total. The van der Waals surface area contributed by atoms with Gasteiger partial charge in [0.25, 0.3) is 0 Å². The fourth-order valence-electron chi connectivity index (χ4n) is 3.57. The van der Waals surface area contributed by atoms with Crippen LogP contribution < -0.4 is 11.1 Å². The fourth-order valence-corrected chi connectivity index (χ4v) is 4.45. The first-order valence-electron chi connectivity index (χ1n) is 9.90. The molecule has 3 rings (SSSR count). The minimum atomic E-state index is -3.98. The molecule has 3 unspecified atom stereocenters. The number of ether oxygens (including phenoxy) is 4. The maximum absolute atomic E-state index is 9.77. The molecule has 1 fully saturated rings. The molecule has 3 heterocycles. The first kappa shape index (κ1) is 24.6. The van der Waals surface area contributed by atoms with Gasteiger partial charge in [-0.1, -0.05) is 6.92 Å². The molecule has 1 saturated heterocycles. The highest BCUT2D eigenvalue weighted by molar-refractivity contribution is 8.06. The molecule has 0 radical (unpaired) electrons. The first-order chi connectivity index (χ1) is 14.9. The molecule has 15 heteroatoms. The number of amidine groups is 1. The van der Waals surface area contributed by atoms with Crippen molar-refractivity contribution < 1.29 is 33.3 Å². The summed E-state index contributed by atoms with van der Waals surface area (Å²) in [5, 5.41) is 11.0. The summed E-state index contributed by atoms with van der Waals surface area (Å²) < 4.78 is 28.2. The van der Waals surface area contributed by atoms with Gasteiger partial charge >= 0.3 is 6.72 Å². The van der Waals surface area contributed by atoms with Crippen molar-refractivity contribution in [3.63, 3.8) is 0 Å². The van der Waals surface area contributed by atoms with Crippen molar-refractivity contribution in [3.8, 4) is 0 Å². The van der Waals surface area contributed by atoms with Gasteiger partial charge in [-0.25, -0.2) is 4.99 Å². The largest absolute Gasteiger partial charge is 0.378 e. The van der Waals surface area contributed by atoms with Crippen LogP contribution >= 0.6 is 6.72 Å². The van der Waals surface area contributed by atoms with Crippen LogP contribution in [0.3, 0.4) is 0 Å². The van der Waals surface area contributed by atoms with Crippen molar-refractivity contribution in [2.75, 3.05) is 33.2 Å². The van der Waals surface area contributed by atoms with Crippen LogP contribution in [0.4, 0.5) is 0 Å². The normalized spacial score (nSPS) is 32.5. The molecule has 0 saturated carbocycles. The summed E-state index contributed by atoms with van der Waals surface area (Å²) in [6.07, 6.45) is 0.327. The molecular formula is C16H29N6O7PS. The van der Waals surface area contributed by atoms with E-state index in [4.69, 9.17) is 34.6 Å². The Morgan fingerprint density at radius 1 is 1.32 bits per heavy atom. The van der Waals surface area contributed by atoms with Crippen LogP contribution in [-0.2, 0) is 35.3 Å². The second kappa shape index (κ2) is 11.2. The lowest BCUT2D eigenvalue weighted by molar-refractivity contribution is -0.150. The number of aliphatic imine (C=N–C) groups is 2. The van der Waals surface area contributed by atoms with Gasteiger partial charge < -0.3 is 44.7 Å². The van der Waals surface area contributed by atoms with E-state index in [1.165, 1.54) is 6.34 Å². The third kappa shape index (κ3) is 6.26. The van der Waals surface area contributed by atoms with Crippen LogP contribution in [0.25, 0.3) is 0 Å². The van der Waals surface area contributed by atoms with Gasteiger partial charge in [0.15, 0.2) is 12.1 Å². The standard InChI is InChI=1S/C16H29N6O7PS/c1-2-10-12(29-30(23,24)31)13(27-9-26-6-5-25-4-3-17)16(28-10)22-8-21-11-14(18)19-7-20-15(11)22/h7-8,10-13,15-16H,2-6,9,17H2,1H3,(H2,18,19,20)(H2,23,24,31)/t10-,11?,12+,13?,15?,16-/m1/s1. The Hall–Kier alpha value is -1.06. The molecule has 3 aliphatic heterocycles. The van der Waals surface area contributed by atoms with Crippen molar-refractivity contribution in [1.29, 1.82) is 5.41 Å². The zero-order valence-corrected chi connectivity index (χ0v) is 18.8. The van der Waals surface area contributed by atoms with Gasteiger partial charge in [-0.15, -0.1) is 0 Å². The molecule has 3 aliphatic rings. The molecule has 6 atom stereocenters. The maximum atomic E-state index is 9.77. The fraction of sp³-hybridized carbons (Fsp3) is 0.812. The molecule has 0 bridgehead atoms. The van der Waals surface area contributed by atoms with Gasteiger partial charge in [-0.2, -0.15) is 0 Å². The molecule has 0 aromatic heterocycles. The van der Waals surface area contributed by atoms with Crippen molar-refractivity contribution in [2.24, 2.45) is 15.7 Å². The highest BCUT2D eigenvalue weighted by Crippen LogP contribution is 2.44. The van der Waals surface area contributed by atoms with Gasteiger partial charge in [0.2, 0.25) is 0 Å². The minimum absolute atomic E-state index is 0.101. The van der Waals surface area contributed by atoms with E-state index >= 15 is 0 Å². The molecule has 6 N–H and O–H groups in total. The zero-order chi connectivity index (χ0) is 22.4. The second-order valence-electron chi connectivity index (χ2n) is 7.00. The minimum Gasteiger partial charge on any atom is -0.378 e. The highest BCUT2D eigenvalue weighted by atomic mass is 32.5. The average Bonchev–Trinajstić information content (AvgIpc) is 3.28. The predicted octanol–water partition coefficient (Wildman–Crippen LogP) is -1.30. The summed E-state index contributed by atoms with van der Waals surface area (Å²) in [4.78, 5) is 29.6. The Morgan fingerprint density at radius 3 is 2.81 bits per heavy atom. The number of hydrogen-bond acceptors (Lipinski definition) is 11. The summed E-state index contributed by atoms with van der Waals surface area (Å²) in [7, 11) is 0. The second-order valence-corrected chi connectivity index (χ2v) is 9.62. The van der Waals surface area contributed by atoms with E-state index in [2.05, 4.69) is 27.1 Å². The first-order valence-corrected chi connectivity index (χ1v) is 12.5. The Kier molecular flexibility index (Phi) is 8.87. The summed E-state index contributed by atoms with van der Waals surface area (Å²) in [6, 6.07) is -0.494. The molecule has 0 aliphatic carbocycles. The van der Waals surface area contributed by atoms with Crippen LogP contribution in [0.5, 0.6) is 0 Å². The number of fused-ring (bicyclic) bond motifs is 1. The summed E-state index contributed by atoms with van der Waals surface area (Å²) in [5.41, 5.74) is 5.37. The van der Waals surface area contributed by atoms with E-state index in [0.29, 0.717) is 32.8 Å². The number of nitrogens with zero attached hydrogens (tertiary/aromatic N) is 3. The Morgan fingerprint density at radius 2 is 2.10 bits per heavy atom. The molecule has 0 aromatic rings. The van der Waals surface area contributed by atoms with Gasteiger partial charge in [0.1, 0.15) is 31.2 Å². The highest BCUT2D eigenvalue weighted by Gasteiger charge is 2.53. The molecule has 0 spiro atoms. The zero-order valence-electron chi connectivity index (χ0n) is 17.1. The molecule has 0 aromatic carbocycles.